The first kappa shape index (κ1) is 12.3. The molecule has 1 aromatic heterocycles. The van der Waals surface area contributed by atoms with E-state index in [1.54, 1.807) is 7.11 Å². The maximum atomic E-state index is 8.12. The first-order valence-corrected chi connectivity index (χ1v) is 4.82. The number of nitrogens with one attached hydrogen (secondary N) is 1. The molecule has 0 aliphatic rings. The van der Waals surface area contributed by atoms with Crippen molar-refractivity contribution >= 4 is 28.7 Å². The van der Waals surface area contributed by atoms with Crippen molar-refractivity contribution in [3.8, 4) is 5.75 Å². The van der Waals surface area contributed by atoms with Crippen molar-refractivity contribution < 1.29 is 14.3 Å². The summed E-state index contributed by atoms with van der Waals surface area (Å²) in [6.07, 6.45) is 0.250. The van der Waals surface area contributed by atoms with Gasteiger partial charge in [-0.1, -0.05) is 11.6 Å². The van der Waals surface area contributed by atoms with E-state index >= 15 is 0 Å². The monoisotopic (exact) mass is 239 g/mol. The van der Waals surface area contributed by atoms with Crippen molar-refractivity contribution in [3.63, 3.8) is 0 Å². The van der Waals surface area contributed by atoms with Gasteiger partial charge in [-0.05, 0) is 19.1 Å². The Morgan fingerprint density at radius 3 is 2.50 bits per heavy atom. The summed E-state index contributed by atoms with van der Waals surface area (Å²) in [4.78, 5) is 19.5. The zero-order valence-corrected chi connectivity index (χ0v) is 9.59. The molecule has 0 saturated carbocycles. The van der Waals surface area contributed by atoms with E-state index in [9.17, 15) is 0 Å². The Kier molecular flexibility index (Phi) is 4.11. The number of ether oxygens (including phenoxy) is 1. The van der Waals surface area contributed by atoms with Crippen LogP contribution in [0.2, 0.25) is 5.02 Å². The third-order valence-corrected chi connectivity index (χ3v) is 2.32. The van der Waals surface area contributed by atoms with E-state index in [4.69, 9.17) is 25.9 Å². The molecule has 2 aromatic rings. The van der Waals surface area contributed by atoms with Crippen LogP contribution >= 0.6 is 11.6 Å². The topological polar surface area (TPSA) is 59.2 Å². The highest BCUT2D eigenvalue weighted by atomic mass is 35.5. The van der Waals surface area contributed by atoms with Crippen molar-refractivity contribution in [1.29, 1.82) is 0 Å². The Bertz CT molecular complexity index is 527. The summed E-state index contributed by atoms with van der Waals surface area (Å²) >= 11 is 5.97. The standard InChI is InChI=1S/C10H10ClNO.CO2/c1-6-3-7-4-8(11)10(13-2)5-9(7)12-6;2-1-3/h3-5,12H,1-2H3;. The zero-order valence-electron chi connectivity index (χ0n) is 8.83. The summed E-state index contributed by atoms with van der Waals surface area (Å²) in [6.45, 7) is 2.01. The van der Waals surface area contributed by atoms with Crippen molar-refractivity contribution in [3.05, 3.63) is 28.9 Å². The molecule has 0 aliphatic heterocycles. The number of halogens is 1. The summed E-state index contributed by atoms with van der Waals surface area (Å²) in [5, 5.41) is 1.76. The molecule has 0 unspecified atom stereocenters. The summed E-state index contributed by atoms with van der Waals surface area (Å²) in [7, 11) is 1.61. The van der Waals surface area contributed by atoms with Crippen LogP contribution in [0, 0.1) is 6.92 Å². The molecule has 0 spiro atoms. The molecule has 1 aromatic carbocycles. The van der Waals surface area contributed by atoms with Crippen molar-refractivity contribution in [2.24, 2.45) is 0 Å². The van der Waals surface area contributed by atoms with Crippen LogP contribution in [-0.2, 0) is 9.59 Å². The summed E-state index contributed by atoms with van der Waals surface area (Å²) in [5.74, 6) is 0.705. The molecular weight excluding hydrogens is 230 g/mol. The first-order chi connectivity index (χ1) is 7.62. The molecule has 0 bridgehead atoms. The van der Waals surface area contributed by atoms with Crippen molar-refractivity contribution in [1.82, 2.24) is 4.98 Å². The maximum absolute atomic E-state index is 8.12. The van der Waals surface area contributed by atoms with Crippen molar-refractivity contribution in [2.75, 3.05) is 7.11 Å². The lowest BCUT2D eigenvalue weighted by Crippen LogP contribution is -1.83. The predicted molar refractivity (Wildman–Crippen MR) is 59.6 cm³/mol. The molecule has 84 valence electrons. The molecule has 0 aliphatic carbocycles. The van der Waals surface area contributed by atoms with Gasteiger partial charge in [0, 0.05) is 22.7 Å². The zero-order chi connectivity index (χ0) is 12.1. The average molecular weight is 240 g/mol. The van der Waals surface area contributed by atoms with E-state index in [0.29, 0.717) is 10.8 Å². The van der Waals surface area contributed by atoms with E-state index < -0.39 is 0 Å². The van der Waals surface area contributed by atoms with E-state index in [2.05, 4.69) is 11.1 Å². The normalized spacial score (nSPS) is 9.19. The Morgan fingerprint density at radius 2 is 1.94 bits per heavy atom. The third kappa shape index (κ3) is 2.63. The number of H-pyrrole nitrogens is 1. The number of benzene rings is 1. The fraction of sp³-hybridized carbons (Fsp3) is 0.182. The van der Waals surface area contributed by atoms with Crippen molar-refractivity contribution in [2.45, 2.75) is 6.92 Å². The summed E-state index contributed by atoms with van der Waals surface area (Å²) in [6, 6.07) is 5.87. The van der Waals surface area contributed by atoms with Gasteiger partial charge in [0.2, 0.25) is 0 Å². The fourth-order valence-electron chi connectivity index (χ4n) is 1.43. The molecule has 0 amide bonds. The molecular formula is C11H10ClNO3. The van der Waals surface area contributed by atoms with Crippen LogP contribution in [0.5, 0.6) is 5.75 Å². The summed E-state index contributed by atoms with van der Waals surface area (Å²) in [5.41, 5.74) is 2.18. The minimum Gasteiger partial charge on any atom is -0.495 e. The Hall–Kier alpha value is -1.77. The number of rotatable bonds is 1. The number of aromatic nitrogens is 1. The van der Waals surface area contributed by atoms with Crippen LogP contribution in [0.3, 0.4) is 0 Å². The van der Waals surface area contributed by atoms with Crippen LogP contribution < -0.4 is 4.74 Å². The Labute approximate surface area is 97.2 Å². The molecule has 4 nitrogen and oxygen atoms in total. The molecule has 0 saturated heterocycles. The lowest BCUT2D eigenvalue weighted by Gasteiger charge is -2.01. The molecule has 0 fully saturated rings. The van der Waals surface area contributed by atoms with Gasteiger partial charge >= 0.3 is 6.15 Å². The lowest BCUT2D eigenvalue weighted by molar-refractivity contribution is -0.191. The van der Waals surface area contributed by atoms with Gasteiger partial charge in [-0.25, -0.2) is 0 Å². The van der Waals surface area contributed by atoms with Gasteiger partial charge in [0.1, 0.15) is 5.75 Å². The van der Waals surface area contributed by atoms with E-state index in [1.165, 1.54) is 0 Å². The second-order valence-corrected chi connectivity index (χ2v) is 3.52. The van der Waals surface area contributed by atoms with Crippen LogP contribution in [0.25, 0.3) is 10.9 Å². The number of methoxy groups -OCH3 is 1. The molecule has 2 rings (SSSR count). The van der Waals surface area contributed by atoms with Crippen LogP contribution in [0.4, 0.5) is 0 Å². The van der Waals surface area contributed by atoms with Gasteiger partial charge < -0.3 is 9.72 Å². The number of hydrogen-bond acceptors (Lipinski definition) is 3. The highest BCUT2D eigenvalue weighted by molar-refractivity contribution is 6.32. The molecule has 16 heavy (non-hydrogen) atoms. The Balaban J connectivity index is 0.000000386. The highest BCUT2D eigenvalue weighted by Crippen LogP contribution is 2.29. The fourth-order valence-corrected chi connectivity index (χ4v) is 1.68. The number of hydrogen-bond donors (Lipinski definition) is 1. The quantitative estimate of drug-likeness (QED) is 0.832. The number of aromatic amines is 1. The highest BCUT2D eigenvalue weighted by Gasteiger charge is 2.04. The SMILES string of the molecule is COc1cc2[nH]c(C)cc2cc1Cl.O=C=O. The minimum atomic E-state index is 0.250. The predicted octanol–water partition coefficient (Wildman–Crippen LogP) is 2.55. The van der Waals surface area contributed by atoms with E-state index in [1.807, 2.05) is 19.1 Å². The van der Waals surface area contributed by atoms with E-state index in [0.717, 1.165) is 16.6 Å². The van der Waals surface area contributed by atoms with Gasteiger partial charge in [0.15, 0.2) is 0 Å². The van der Waals surface area contributed by atoms with Gasteiger partial charge in [-0.2, -0.15) is 9.59 Å². The molecule has 0 radical (unpaired) electrons. The minimum absolute atomic E-state index is 0.250. The smallest absolute Gasteiger partial charge is 0.373 e. The lowest BCUT2D eigenvalue weighted by atomic mass is 10.2. The molecule has 1 N–H and O–H groups in total. The molecule has 0 atom stereocenters. The Morgan fingerprint density at radius 1 is 1.31 bits per heavy atom. The van der Waals surface area contributed by atoms with Gasteiger partial charge in [-0.15, -0.1) is 0 Å². The largest absolute Gasteiger partial charge is 0.495 e. The second kappa shape index (κ2) is 5.35. The number of aryl methyl sites for hydroxylation is 1. The third-order valence-electron chi connectivity index (χ3n) is 2.03. The van der Waals surface area contributed by atoms with Gasteiger partial charge in [0.25, 0.3) is 0 Å². The van der Waals surface area contributed by atoms with Crippen LogP contribution in [0.1, 0.15) is 5.69 Å². The molecule has 1 heterocycles. The van der Waals surface area contributed by atoms with Crippen LogP contribution in [0.15, 0.2) is 18.2 Å². The average Bonchev–Trinajstić information content (AvgIpc) is 2.57. The van der Waals surface area contributed by atoms with Crippen LogP contribution in [-0.4, -0.2) is 18.2 Å². The van der Waals surface area contributed by atoms with Gasteiger partial charge in [0.05, 0.1) is 12.1 Å². The first-order valence-electron chi connectivity index (χ1n) is 4.44. The maximum Gasteiger partial charge on any atom is 0.373 e. The number of carbonyl (C=O) groups excluding carboxylic acids is 2. The van der Waals surface area contributed by atoms with Gasteiger partial charge in [-0.3, -0.25) is 0 Å². The number of fused-ring (bicyclic) bond motifs is 1. The summed E-state index contributed by atoms with van der Waals surface area (Å²) < 4.78 is 5.11. The second-order valence-electron chi connectivity index (χ2n) is 3.11. The molecule has 5 heteroatoms. The van der Waals surface area contributed by atoms with E-state index in [-0.39, 0.29) is 6.15 Å².